The van der Waals surface area contributed by atoms with Crippen LogP contribution in [0.1, 0.15) is 18.4 Å². The Morgan fingerprint density at radius 2 is 2.04 bits per heavy atom. The van der Waals surface area contributed by atoms with Crippen LogP contribution in [0.4, 0.5) is 13.2 Å². The van der Waals surface area contributed by atoms with Crippen LogP contribution in [-0.2, 0) is 11.0 Å². The molecule has 5 nitrogen and oxygen atoms in total. The summed E-state index contributed by atoms with van der Waals surface area (Å²) in [6, 6.07) is 4.77. The van der Waals surface area contributed by atoms with E-state index in [4.69, 9.17) is 10.5 Å². The van der Waals surface area contributed by atoms with E-state index in [0.29, 0.717) is 13.0 Å². The molecule has 0 radical (unpaired) electrons. The summed E-state index contributed by atoms with van der Waals surface area (Å²) < 4.78 is 43.5. The number of ether oxygens (including phenoxy) is 1. The third-order valence-electron chi connectivity index (χ3n) is 3.13. The Hall–Kier alpha value is -1.80. The lowest BCUT2D eigenvalue weighted by Crippen LogP contribution is -2.37. The second kappa shape index (κ2) is 8.73. The number of alkyl halides is 3. The van der Waals surface area contributed by atoms with Gasteiger partial charge in [-0.15, -0.1) is 0 Å². The van der Waals surface area contributed by atoms with Crippen LogP contribution in [0.15, 0.2) is 24.3 Å². The van der Waals surface area contributed by atoms with Gasteiger partial charge in [0.1, 0.15) is 18.5 Å². The zero-order valence-corrected chi connectivity index (χ0v) is 12.8. The van der Waals surface area contributed by atoms with Crippen molar-refractivity contribution in [3.63, 3.8) is 0 Å². The number of nitrogens with two attached hydrogens (primary N) is 1. The minimum atomic E-state index is -4.53. The van der Waals surface area contributed by atoms with E-state index in [2.05, 4.69) is 0 Å². The normalized spacial score (nSPS) is 12.8. The highest BCUT2D eigenvalue weighted by molar-refractivity contribution is 5.75. The molecule has 0 spiro atoms. The summed E-state index contributed by atoms with van der Waals surface area (Å²) in [5, 5.41) is 9.82. The van der Waals surface area contributed by atoms with Gasteiger partial charge in [-0.25, -0.2) is 0 Å². The molecule has 0 saturated heterocycles. The van der Waals surface area contributed by atoms with Crippen molar-refractivity contribution in [2.45, 2.75) is 25.1 Å². The van der Waals surface area contributed by atoms with E-state index in [0.717, 1.165) is 6.07 Å². The third kappa shape index (κ3) is 6.45. The molecule has 1 aromatic rings. The highest BCUT2D eigenvalue weighted by Gasteiger charge is 2.34. The Kier molecular flexibility index (Phi) is 7.31. The van der Waals surface area contributed by atoms with Gasteiger partial charge in [-0.2, -0.15) is 13.2 Å². The lowest BCUT2D eigenvalue weighted by atomic mass is 10.2. The van der Waals surface area contributed by atoms with Gasteiger partial charge < -0.3 is 20.5 Å². The minimum Gasteiger partial charge on any atom is -0.490 e. The van der Waals surface area contributed by atoms with Crippen molar-refractivity contribution in [1.82, 2.24) is 4.90 Å². The van der Waals surface area contributed by atoms with Crippen molar-refractivity contribution in [3.8, 4) is 5.75 Å². The molecular weight excluding hydrogens is 313 g/mol. The second-order valence-corrected chi connectivity index (χ2v) is 5.13. The van der Waals surface area contributed by atoms with Gasteiger partial charge >= 0.3 is 6.18 Å². The fourth-order valence-electron chi connectivity index (χ4n) is 1.93. The van der Waals surface area contributed by atoms with Crippen molar-refractivity contribution >= 4 is 5.91 Å². The van der Waals surface area contributed by atoms with Crippen LogP contribution in [-0.4, -0.2) is 48.8 Å². The maximum atomic E-state index is 12.8. The van der Waals surface area contributed by atoms with Crippen LogP contribution in [0.5, 0.6) is 5.75 Å². The van der Waals surface area contributed by atoms with Crippen LogP contribution in [0.3, 0.4) is 0 Å². The molecule has 0 aliphatic carbocycles. The average Bonchev–Trinajstić information content (AvgIpc) is 2.49. The van der Waals surface area contributed by atoms with E-state index < -0.39 is 17.8 Å². The fraction of sp³-hybridized carbons (Fsp3) is 0.533. The number of hydrogen-bond donors (Lipinski definition) is 2. The molecule has 23 heavy (non-hydrogen) atoms. The first-order valence-corrected chi connectivity index (χ1v) is 7.16. The molecule has 1 unspecified atom stereocenters. The molecule has 0 aliphatic heterocycles. The van der Waals surface area contributed by atoms with Gasteiger partial charge in [0.15, 0.2) is 0 Å². The summed E-state index contributed by atoms with van der Waals surface area (Å²) in [4.78, 5) is 13.0. The van der Waals surface area contributed by atoms with Crippen molar-refractivity contribution in [2.75, 3.05) is 26.7 Å². The molecule has 0 heterocycles. The van der Waals surface area contributed by atoms with E-state index in [1.165, 1.54) is 30.1 Å². The van der Waals surface area contributed by atoms with Crippen LogP contribution >= 0.6 is 0 Å². The molecular formula is C15H21F3N2O3. The van der Waals surface area contributed by atoms with Crippen molar-refractivity contribution in [1.29, 1.82) is 0 Å². The maximum absolute atomic E-state index is 12.8. The van der Waals surface area contributed by atoms with Gasteiger partial charge in [0.25, 0.3) is 0 Å². The average molecular weight is 334 g/mol. The Morgan fingerprint density at radius 3 is 2.65 bits per heavy atom. The number of hydrogen-bond acceptors (Lipinski definition) is 4. The van der Waals surface area contributed by atoms with Crippen molar-refractivity contribution in [3.05, 3.63) is 29.8 Å². The number of rotatable bonds is 8. The Labute approximate surface area is 132 Å². The van der Waals surface area contributed by atoms with Gasteiger partial charge in [-0.05, 0) is 25.1 Å². The number of para-hydroxylation sites is 1. The molecule has 0 aromatic heterocycles. The first-order chi connectivity index (χ1) is 10.8. The summed E-state index contributed by atoms with van der Waals surface area (Å²) in [5.41, 5.74) is 4.40. The maximum Gasteiger partial charge on any atom is 0.419 e. The lowest BCUT2D eigenvalue weighted by molar-refractivity contribution is -0.139. The van der Waals surface area contributed by atoms with E-state index in [9.17, 15) is 23.1 Å². The number of nitrogens with zero attached hydrogens (tertiary/aromatic N) is 1. The van der Waals surface area contributed by atoms with Gasteiger partial charge in [0.05, 0.1) is 5.56 Å². The molecule has 0 saturated carbocycles. The largest absolute Gasteiger partial charge is 0.490 e. The lowest BCUT2D eigenvalue weighted by Gasteiger charge is -2.22. The molecule has 1 atom stereocenters. The smallest absolute Gasteiger partial charge is 0.419 e. The van der Waals surface area contributed by atoms with Gasteiger partial charge in [0, 0.05) is 20.0 Å². The van der Waals surface area contributed by atoms with E-state index in [1.54, 1.807) is 0 Å². The quantitative estimate of drug-likeness (QED) is 0.758. The second-order valence-electron chi connectivity index (χ2n) is 5.13. The monoisotopic (exact) mass is 334 g/mol. The number of halogens is 3. The number of benzene rings is 1. The number of carbonyl (C=O) groups excluding carboxylic acids is 1. The van der Waals surface area contributed by atoms with Crippen LogP contribution < -0.4 is 10.5 Å². The Bertz CT molecular complexity index is 509. The molecule has 1 aromatic carbocycles. The summed E-state index contributed by atoms with van der Waals surface area (Å²) in [5.74, 6) is -0.540. The third-order valence-corrected chi connectivity index (χ3v) is 3.13. The standard InChI is InChI=1S/C15H21F3N2O3/c1-20(14(22)7-4-8-19)9-11(21)10-23-13-6-3-2-5-12(13)15(16,17)18/h2-3,5-6,11,21H,4,7-10,19H2,1H3. The highest BCUT2D eigenvalue weighted by Crippen LogP contribution is 2.35. The molecule has 130 valence electrons. The van der Waals surface area contributed by atoms with Crippen molar-refractivity contribution < 1.29 is 27.8 Å². The van der Waals surface area contributed by atoms with E-state index in [-0.39, 0.29) is 31.2 Å². The molecule has 1 amide bonds. The Balaban J connectivity index is 2.54. The van der Waals surface area contributed by atoms with Crippen molar-refractivity contribution in [2.24, 2.45) is 5.73 Å². The van der Waals surface area contributed by atoms with Crippen LogP contribution in [0, 0.1) is 0 Å². The summed E-state index contributed by atoms with van der Waals surface area (Å²) in [7, 11) is 1.51. The van der Waals surface area contributed by atoms with E-state index >= 15 is 0 Å². The highest BCUT2D eigenvalue weighted by atomic mass is 19.4. The molecule has 3 N–H and O–H groups in total. The predicted molar refractivity (Wildman–Crippen MR) is 78.9 cm³/mol. The van der Waals surface area contributed by atoms with Gasteiger partial charge in [0.2, 0.25) is 5.91 Å². The van der Waals surface area contributed by atoms with Gasteiger partial charge in [-0.1, -0.05) is 12.1 Å². The first kappa shape index (κ1) is 19.2. The number of carbonyl (C=O) groups is 1. The summed E-state index contributed by atoms with van der Waals surface area (Å²) >= 11 is 0. The summed E-state index contributed by atoms with van der Waals surface area (Å²) in [6.07, 6.45) is -4.83. The zero-order chi connectivity index (χ0) is 17.5. The molecule has 0 bridgehead atoms. The topological polar surface area (TPSA) is 75.8 Å². The van der Waals surface area contributed by atoms with Crippen LogP contribution in [0.2, 0.25) is 0 Å². The first-order valence-electron chi connectivity index (χ1n) is 7.16. The number of likely N-dealkylation sites (N-methyl/N-ethyl adjacent to an activating group) is 1. The number of aliphatic hydroxyl groups is 1. The summed E-state index contributed by atoms with van der Waals surface area (Å²) in [6.45, 7) is 0.0126. The SMILES string of the molecule is CN(CC(O)COc1ccccc1C(F)(F)F)C(=O)CCCN. The number of amides is 1. The minimum absolute atomic E-state index is 0.0302. The molecule has 0 aliphatic rings. The number of aliphatic hydroxyl groups excluding tert-OH is 1. The molecule has 0 fully saturated rings. The van der Waals surface area contributed by atoms with Crippen LogP contribution in [0.25, 0.3) is 0 Å². The Morgan fingerprint density at radius 1 is 1.39 bits per heavy atom. The fourth-order valence-corrected chi connectivity index (χ4v) is 1.93. The van der Waals surface area contributed by atoms with E-state index in [1.807, 2.05) is 0 Å². The van der Waals surface area contributed by atoms with Gasteiger partial charge in [-0.3, -0.25) is 4.79 Å². The predicted octanol–water partition coefficient (Wildman–Crippen LogP) is 1.64. The zero-order valence-electron chi connectivity index (χ0n) is 12.8. The molecule has 1 rings (SSSR count). The molecule has 8 heteroatoms.